The molecule has 0 amide bonds. The molecule has 1 aliphatic heterocycles. The first-order valence-electron chi connectivity index (χ1n) is 6.42. The van der Waals surface area contributed by atoms with Crippen LogP contribution in [0.2, 0.25) is 5.02 Å². The van der Waals surface area contributed by atoms with Gasteiger partial charge in [0.05, 0.1) is 6.20 Å². The minimum atomic E-state index is -3.25. The lowest BCUT2D eigenvalue weighted by atomic mass is 10.2. The first-order valence-corrected chi connectivity index (χ1v) is 8.25. The zero-order chi connectivity index (χ0) is 15.2. The smallest absolute Gasteiger partial charge is 0.156 e. The molecule has 1 atom stereocenters. The van der Waals surface area contributed by atoms with Gasteiger partial charge in [-0.05, 0) is 11.6 Å². The Labute approximate surface area is 123 Å². The van der Waals surface area contributed by atoms with Crippen LogP contribution in [0.1, 0.15) is 12.2 Å². The van der Waals surface area contributed by atoms with Crippen molar-refractivity contribution in [1.29, 1.82) is 0 Å². The molecule has 1 aromatic carbocycles. The molecule has 0 fully saturated rings. The summed E-state index contributed by atoms with van der Waals surface area (Å²) < 4.78 is 31.5. The van der Waals surface area contributed by atoms with Crippen LogP contribution in [0.5, 0.6) is 0 Å². The monoisotopic (exact) mass is 310 g/mol. The van der Waals surface area contributed by atoms with Gasteiger partial charge in [0.1, 0.15) is 17.9 Å². The average Bonchev–Trinajstić information content (AvgIpc) is 2.81. The maximum absolute atomic E-state index is 12.0. The third-order valence-electron chi connectivity index (χ3n) is 3.30. The minimum absolute atomic E-state index is 0.158. The Morgan fingerprint density at radius 3 is 2.95 bits per heavy atom. The maximum Gasteiger partial charge on any atom is 0.156 e. The van der Waals surface area contributed by atoms with Crippen molar-refractivity contribution < 1.29 is 9.79 Å². The van der Waals surface area contributed by atoms with Crippen LogP contribution in [0.4, 0.5) is 11.5 Å². The second-order valence-electron chi connectivity index (χ2n) is 4.63. The molecule has 0 bridgehead atoms. The van der Waals surface area contributed by atoms with E-state index in [1.165, 1.54) is 12.5 Å². The molecule has 0 spiro atoms. The fourth-order valence-electron chi connectivity index (χ4n) is 2.40. The van der Waals surface area contributed by atoms with E-state index >= 15 is 0 Å². The number of fused-ring (bicyclic) bond motifs is 1. The normalized spacial score (nSPS) is 18.8. The van der Waals surface area contributed by atoms with Crippen molar-refractivity contribution in [3.05, 3.63) is 47.4 Å². The van der Waals surface area contributed by atoms with Gasteiger partial charge in [0.2, 0.25) is 0 Å². The van der Waals surface area contributed by atoms with Crippen molar-refractivity contribution in [3.63, 3.8) is 0 Å². The van der Waals surface area contributed by atoms with Gasteiger partial charge in [-0.15, -0.1) is 0 Å². The zero-order valence-electron chi connectivity index (χ0n) is 11.6. The second kappa shape index (κ2) is 4.71. The van der Waals surface area contributed by atoms with E-state index in [0.29, 0.717) is 5.82 Å². The molecule has 7 heteroatoms. The molecule has 3 rings (SSSR count). The summed E-state index contributed by atoms with van der Waals surface area (Å²) in [7, 11) is -3.25. The number of halogens is 1. The Bertz CT molecular complexity index is 813. The third kappa shape index (κ3) is 2.14. The molecule has 0 N–H and O–H groups in total. The molecule has 104 valence electrons. The van der Waals surface area contributed by atoms with Crippen LogP contribution in [0, 0.1) is 0 Å². The van der Waals surface area contributed by atoms with Crippen molar-refractivity contribution in [2.75, 3.05) is 17.7 Å². The SMILES string of the molecule is [2H]c1ncc(Cl)c(N2CC(S(C)(=O)=O)c3ccccc32)n1. The molecule has 1 aliphatic rings. The van der Waals surface area contributed by atoms with Crippen LogP contribution >= 0.6 is 11.6 Å². The number of nitrogens with zero attached hydrogens (tertiary/aromatic N) is 3. The number of aromatic nitrogens is 2. The molecule has 1 aromatic heterocycles. The van der Waals surface area contributed by atoms with Crippen LogP contribution in [0.3, 0.4) is 0 Å². The van der Waals surface area contributed by atoms with E-state index in [2.05, 4.69) is 9.97 Å². The van der Waals surface area contributed by atoms with Crippen molar-refractivity contribution in [2.45, 2.75) is 5.25 Å². The van der Waals surface area contributed by atoms with E-state index in [1.807, 2.05) is 12.1 Å². The molecule has 0 saturated heterocycles. The Balaban J connectivity index is 2.16. The molecule has 5 nitrogen and oxygen atoms in total. The Hall–Kier alpha value is -1.66. The number of benzene rings is 1. The molecule has 2 heterocycles. The van der Waals surface area contributed by atoms with E-state index < -0.39 is 15.1 Å². The van der Waals surface area contributed by atoms with Gasteiger partial charge in [-0.1, -0.05) is 29.8 Å². The van der Waals surface area contributed by atoms with Gasteiger partial charge >= 0.3 is 0 Å². The summed E-state index contributed by atoms with van der Waals surface area (Å²) in [6.45, 7) is 0.231. The van der Waals surface area contributed by atoms with E-state index in [-0.39, 0.29) is 17.9 Å². The molecule has 20 heavy (non-hydrogen) atoms. The predicted octanol–water partition coefficient (Wildman–Crippen LogP) is 2.37. The van der Waals surface area contributed by atoms with Crippen molar-refractivity contribution in [1.82, 2.24) is 9.97 Å². The van der Waals surface area contributed by atoms with Crippen LogP contribution < -0.4 is 4.90 Å². The lowest BCUT2D eigenvalue weighted by molar-refractivity contribution is 0.591. The summed E-state index contributed by atoms with van der Waals surface area (Å²) in [5, 5.41) is -0.344. The average molecular weight is 311 g/mol. The van der Waals surface area contributed by atoms with E-state index in [0.717, 1.165) is 11.3 Å². The quantitative estimate of drug-likeness (QED) is 0.852. The Morgan fingerprint density at radius 1 is 1.45 bits per heavy atom. The van der Waals surface area contributed by atoms with E-state index in [1.54, 1.807) is 17.0 Å². The lowest BCUT2D eigenvalue weighted by Gasteiger charge is -2.19. The van der Waals surface area contributed by atoms with Gasteiger partial charge < -0.3 is 4.90 Å². The molecule has 0 aliphatic carbocycles. The molecular weight excluding hydrogens is 298 g/mol. The molecule has 2 aromatic rings. The first kappa shape index (κ1) is 12.1. The predicted molar refractivity (Wildman–Crippen MR) is 78.1 cm³/mol. The number of para-hydroxylation sites is 1. The number of hydrogen-bond acceptors (Lipinski definition) is 5. The fourth-order valence-corrected chi connectivity index (χ4v) is 3.67. The van der Waals surface area contributed by atoms with Gasteiger partial charge in [-0.25, -0.2) is 18.4 Å². The summed E-state index contributed by atoms with van der Waals surface area (Å²) in [6, 6.07) is 7.24. The summed E-state index contributed by atoms with van der Waals surface area (Å²) in [5.74, 6) is 0.357. The van der Waals surface area contributed by atoms with E-state index in [9.17, 15) is 8.42 Å². The van der Waals surface area contributed by atoms with Crippen LogP contribution in [-0.2, 0) is 9.84 Å². The largest absolute Gasteiger partial charge is 0.323 e. The highest BCUT2D eigenvalue weighted by atomic mass is 35.5. The van der Waals surface area contributed by atoms with Crippen molar-refractivity contribution in [2.24, 2.45) is 0 Å². The minimum Gasteiger partial charge on any atom is -0.323 e. The van der Waals surface area contributed by atoms with Gasteiger partial charge in [0.15, 0.2) is 15.7 Å². The summed E-state index contributed by atoms with van der Waals surface area (Å²) >= 11 is 6.11. The van der Waals surface area contributed by atoms with Gasteiger partial charge in [-0.2, -0.15) is 0 Å². The second-order valence-corrected chi connectivity index (χ2v) is 7.26. The Morgan fingerprint density at radius 2 is 2.20 bits per heavy atom. The topological polar surface area (TPSA) is 63.2 Å². The van der Waals surface area contributed by atoms with E-state index in [4.69, 9.17) is 13.0 Å². The van der Waals surface area contributed by atoms with Crippen LogP contribution in [-0.4, -0.2) is 31.2 Å². The molecular formula is C13H12ClN3O2S. The first-order chi connectivity index (χ1) is 9.88. The summed E-state index contributed by atoms with van der Waals surface area (Å²) in [4.78, 5) is 9.46. The summed E-state index contributed by atoms with van der Waals surface area (Å²) in [6.07, 6.45) is 2.41. The fraction of sp³-hybridized carbons (Fsp3) is 0.231. The number of rotatable bonds is 2. The molecule has 1 unspecified atom stereocenters. The number of sulfone groups is 1. The van der Waals surface area contributed by atoms with Gasteiger partial charge in [0.25, 0.3) is 0 Å². The lowest BCUT2D eigenvalue weighted by Crippen LogP contribution is -2.21. The van der Waals surface area contributed by atoms with Crippen LogP contribution in [0.15, 0.2) is 36.8 Å². The summed E-state index contributed by atoms with van der Waals surface area (Å²) in [5.41, 5.74) is 1.47. The van der Waals surface area contributed by atoms with Crippen LogP contribution in [0.25, 0.3) is 0 Å². The highest BCUT2D eigenvalue weighted by Crippen LogP contribution is 2.43. The Kier molecular flexibility index (Phi) is 2.85. The highest BCUT2D eigenvalue weighted by Gasteiger charge is 2.36. The highest BCUT2D eigenvalue weighted by molar-refractivity contribution is 7.91. The standard InChI is InChI=1S/C13H12ClN3O2S/c1-20(18,19)12-7-17(11-5-3-2-4-9(11)12)13-10(14)6-15-8-16-13/h2-6,8,12H,7H2,1H3/i8D. The molecule has 0 saturated carbocycles. The van der Waals surface area contributed by atoms with Crippen molar-refractivity contribution in [3.8, 4) is 0 Å². The van der Waals surface area contributed by atoms with Gasteiger partial charge in [-0.3, -0.25) is 0 Å². The number of anilines is 2. The number of hydrogen-bond donors (Lipinski definition) is 0. The van der Waals surface area contributed by atoms with Gasteiger partial charge in [0, 0.05) is 18.5 Å². The maximum atomic E-state index is 12.0. The molecule has 0 radical (unpaired) electrons. The third-order valence-corrected chi connectivity index (χ3v) is 5.00. The zero-order valence-corrected chi connectivity index (χ0v) is 12.2. The van der Waals surface area contributed by atoms with Crippen molar-refractivity contribution >= 4 is 32.9 Å².